The molecule has 1 N–H and O–H groups in total. The van der Waals surface area contributed by atoms with Crippen LogP contribution in [-0.4, -0.2) is 95.2 Å². The van der Waals surface area contributed by atoms with E-state index in [2.05, 4.69) is 5.32 Å². The zero-order chi connectivity index (χ0) is 27.9. The zero-order valence-electron chi connectivity index (χ0n) is 22.6. The minimum atomic E-state index is -0.651. The molecule has 0 unspecified atom stereocenters. The molecule has 0 bridgehead atoms. The Morgan fingerprint density at radius 2 is 1.79 bits per heavy atom. The number of fused-ring (bicyclic) bond motifs is 1. The number of nitrogens with zero attached hydrogens (tertiary/aromatic N) is 4. The summed E-state index contributed by atoms with van der Waals surface area (Å²) >= 11 is 1.61. The van der Waals surface area contributed by atoms with E-state index >= 15 is 0 Å². The largest absolute Gasteiger partial charge is 0.375 e. The van der Waals surface area contributed by atoms with Gasteiger partial charge in [0.05, 0.1) is 26.3 Å². The smallest absolute Gasteiger partial charge is 0.334 e. The van der Waals surface area contributed by atoms with Crippen molar-refractivity contribution in [3.8, 4) is 0 Å². The first-order chi connectivity index (χ1) is 18.8. The summed E-state index contributed by atoms with van der Waals surface area (Å²) in [5.41, 5.74) is 2.98. The summed E-state index contributed by atoms with van der Waals surface area (Å²) in [6.45, 7) is 3.53. The van der Waals surface area contributed by atoms with Gasteiger partial charge < -0.3 is 19.9 Å². The molecule has 2 heterocycles. The van der Waals surface area contributed by atoms with Gasteiger partial charge in [0.2, 0.25) is 11.8 Å². The summed E-state index contributed by atoms with van der Waals surface area (Å²) in [5.74, 6) is 0.0572. The molecule has 0 spiro atoms. The molecule has 0 aliphatic carbocycles. The van der Waals surface area contributed by atoms with E-state index in [-0.39, 0.29) is 37.3 Å². The van der Waals surface area contributed by atoms with Gasteiger partial charge in [0.25, 0.3) is 0 Å². The third-order valence-electron chi connectivity index (χ3n) is 6.99. The van der Waals surface area contributed by atoms with Crippen molar-refractivity contribution in [1.82, 2.24) is 25.1 Å². The van der Waals surface area contributed by atoms with Gasteiger partial charge in [0.1, 0.15) is 18.0 Å². The molecule has 2 aromatic rings. The van der Waals surface area contributed by atoms with Crippen LogP contribution < -0.4 is 5.32 Å². The molecular formula is C28H36FN5O4S. The predicted octanol–water partition coefficient (Wildman–Crippen LogP) is 2.84. The highest BCUT2D eigenvalue weighted by Gasteiger charge is 2.50. The second-order valence-electron chi connectivity index (χ2n) is 9.85. The van der Waals surface area contributed by atoms with Gasteiger partial charge >= 0.3 is 6.03 Å². The van der Waals surface area contributed by atoms with Crippen molar-refractivity contribution in [2.24, 2.45) is 0 Å². The molecule has 9 nitrogen and oxygen atoms in total. The Bertz CT molecular complexity index is 1150. The van der Waals surface area contributed by atoms with Crippen molar-refractivity contribution in [1.29, 1.82) is 0 Å². The average Bonchev–Trinajstić information content (AvgIpc) is 2.91. The molecule has 2 saturated heterocycles. The van der Waals surface area contributed by atoms with Crippen molar-refractivity contribution >= 4 is 29.6 Å². The molecule has 0 radical (unpaired) electrons. The van der Waals surface area contributed by atoms with Crippen LogP contribution in [0.1, 0.15) is 23.1 Å². The number of amides is 4. The topological polar surface area (TPSA) is 85.4 Å². The molecule has 2 fully saturated rings. The van der Waals surface area contributed by atoms with Gasteiger partial charge in [-0.3, -0.25) is 9.59 Å². The van der Waals surface area contributed by atoms with Crippen LogP contribution in [0.15, 0.2) is 48.5 Å². The van der Waals surface area contributed by atoms with Crippen LogP contribution in [0.2, 0.25) is 0 Å². The number of benzene rings is 2. The van der Waals surface area contributed by atoms with Crippen LogP contribution in [0, 0.1) is 12.7 Å². The van der Waals surface area contributed by atoms with Crippen LogP contribution >= 0.6 is 11.8 Å². The monoisotopic (exact) mass is 557 g/mol. The fraction of sp³-hybridized carbons (Fsp3) is 0.464. The van der Waals surface area contributed by atoms with Crippen LogP contribution in [-0.2, 0) is 27.5 Å². The Balaban J connectivity index is 1.46. The van der Waals surface area contributed by atoms with E-state index in [1.54, 1.807) is 45.8 Å². The fourth-order valence-corrected chi connectivity index (χ4v) is 5.38. The first kappa shape index (κ1) is 28.8. The van der Waals surface area contributed by atoms with Gasteiger partial charge in [-0.05, 0) is 48.6 Å². The van der Waals surface area contributed by atoms with Gasteiger partial charge in [-0.25, -0.2) is 19.2 Å². The van der Waals surface area contributed by atoms with Crippen LogP contribution in [0.5, 0.6) is 0 Å². The molecule has 11 heteroatoms. The predicted molar refractivity (Wildman–Crippen MR) is 148 cm³/mol. The minimum absolute atomic E-state index is 0.0107. The second kappa shape index (κ2) is 13.3. The highest BCUT2D eigenvalue weighted by Crippen LogP contribution is 2.28. The molecule has 2 atom stereocenters. The van der Waals surface area contributed by atoms with E-state index in [0.29, 0.717) is 31.9 Å². The normalized spacial score (nSPS) is 19.8. The molecule has 2 aliphatic heterocycles. The van der Waals surface area contributed by atoms with Gasteiger partial charge in [-0.2, -0.15) is 11.8 Å². The van der Waals surface area contributed by atoms with Gasteiger partial charge in [-0.1, -0.05) is 42.0 Å². The van der Waals surface area contributed by atoms with E-state index < -0.39 is 18.2 Å². The van der Waals surface area contributed by atoms with E-state index in [1.807, 2.05) is 37.4 Å². The Kier molecular flexibility index (Phi) is 9.82. The lowest BCUT2D eigenvalue weighted by molar-refractivity contribution is -0.187. The number of rotatable bonds is 10. The summed E-state index contributed by atoms with van der Waals surface area (Å²) < 4.78 is 19.1. The number of likely N-dealkylation sites (N-methyl/N-ethyl adjacent to an activating group) is 1. The molecule has 210 valence electrons. The number of carbonyl (C=O) groups is 3. The molecule has 39 heavy (non-hydrogen) atoms. The Labute approximate surface area is 233 Å². The first-order valence-electron chi connectivity index (χ1n) is 13.0. The number of aryl methyl sites for hydroxylation is 1. The van der Waals surface area contributed by atoms with E-state index in [1.165, 1.54) is 22.7 Å². The summed E-state index contributed by atoms with van der Waals surface area (Å²) in [6.07, 6.45) is 1.81. The quantitative estimate of drug-likeness (QED) is 0.453. The number of thioether (sulfide) groups is 1. The minimum Gasteiger partial charge on any atom is -0.375 e. The molecule has 0 saturated carbocycles. The maximum atomic E-state index is 13.5. The van der Waals surface area contributed by atoms with E-state index in [9.17, 15) is 18.8 Å². The lowest BCUT2D eigenvalue weighted by Crippen LogP contribution is -2.76. The molecule has 2 aromatic carbocycles. The Morgan fingerprint density at radius 3 is 2.49 bits per heavy atom. The van der Waals surface area contributed by atoms with Crippen molar-refractivity contribution in [2.75, 3.05) is 45.3 Å². The van der Waals surface area contributed by atoms with E-state index in [4.69, 9.17) is 4.74 Å². The lowest BCUT2D eigenvalue weighted by atomic mass is 10.0. The number of carbonyl (C=O) groups excluding carboxylic acids is 3. The number of hydrogen-bond acceptors (Lipinski definition) is 6. The highest BCUT2D eigenvalue weighted by molar-refractivity contribution is 7.98. The molecule has 2 aliphatic rings. The summed E-state index contributed by atoms with van der Waals surface area (Å²) in [7, 11) is 1.69. The maximum Gasteiger partial charge on any atom is 0.334 e. The lowest BCUT2D eigenvalue weighted by Gasteiger charge is -2.54. The number of halogens is 1. The maximum absolute atomic E-state index is 13.5. The molecule has 4 amide bonds. The SMILES string of the molecule is CSCC[C@H]1C(=O)N(CCOCc2ccc(C)cc2)C[C@H]2N1C(=O)CN(C)N2C(=O)NCc1ccc(F)cc1. The van der Waals surface area contributed by atoms with Crippen molar-refractivity contribution in [3.05, 3.63) is 71.0 Å². The Morgan fingerprint density at radius 1 is 1.10 bits per heavy atom. The molecular weight excluding hydrogens is 521 g/mol. The van der Waals surface area contributed by atoms with Crippen LogP contribution in [0.3, 0.4) is 0 Å². The van der Waals surface area contributed by atoms with Gasteiger partial charge in [-0.15, -0.1) is 0 Å². The fourth-order valence-electron chi connectivity index (χ4n) is 4.92. The first-order valence-corrected chi connectivity index (χ1v) is 14.4. The third kappa shape index (κ3) is 7.09. The third-order valence-corrected chi connectivity index (χ3v) is 7.64. The summed E-state index contributed by atoms with van der Waals surface area (Å²) in [5, 5.41) is 5.99. The number of hydrazine groups is 1. The molecule has 4 rings (SSSR count). The van der Waals surface area contributed by atoms with Crippen molar-refractivity contribution < 1.29 is 23.5 Å². The Hall–Kier alpha value is -3.15. The number of nitrogens with one attached hydrogen (secondary N) is 1. The molecule has 0 aromatic heterocycles. The van der Waals surface area contributed by atoms with Crippen LogP contribution in [0.4, 0.5) is 9.18 Å². The second-order valence-corrected chi connectivity index (χ2v) is 10.8. The van der Waals surface area contributed by atoms with Gasteiger partial charge in [0, 0.05) is 20.1 Å². The van der Waals surface area contributed by atoms with Crippen molar-refractivity contribution in [3.63, 3.8) is 0 Å². The summed E-state index contributed by atoms with van der Waals surface area (Å²) in [4.78, 5) is 43.4. The zero-order valence-corrected chi connectivity index (χ0v) is 23.5. The highest BCUT2D eigenvalue weighted by atomic mass is 32.2. The summed E-state index contributed by atoms with van der Waals surface area (Å²) in [6, 6.07) is 13.0. The average molecular weight is 558 g/mol. The number of urea groups is 1. The number of piperazine rings is 1. The van der Waals surface area contributed by atoms with E-state index in [0.717, 1.165) is 11.1 Å². The number of ether oxygens (including phenoxy) is 1. The standard InChI is InChI=1S/C28H36FN5O4S/c1-20-4-6-22(7-5-20)19-38-14-13-32-17-25-33(24(27(32)36)12-15-39-3)26(35)18-31(2)34(25)28(37)30-16-21-8-10-23(29)11-9-21/h4-11,24-25H,12-19H2,1-3H3,(H,30,37)/t24-,25-/m0/s1. The van der Waals surface area contributed by atoms with Crippen molar-refractivity contribution in [2.45, 2.75) is 38.7 Å². The van der Waals surface area contributed by atoms with Gasteiger partial charge in [0.15, 0.2) is 0 Å². The van der Waals surface area contributed by atoms with Crippen LogP contribution in [0.25, 0.3) is 0 Å². The number of hydrogen-bond donors (Lipinski definition) is 1.